The van der Waals surface area contributed by atoms with Crippen molar-refractivity contribution in [2.45, 2.75) is 0 Å². The number of rotatable bonds is 2. The Morgan fingerprint density at radius 1 is 1.37 bits per heavy atom. The van der Waals surface area contributed by atoms with Gasteiger partial charge in [-0.25, -0.2) is 9.78 Å². The summed E-state index contributed by atoms with van der Waals surface area (Å²) >= 11 is 0. The Kier molecular flexibility index (Phi) is 2.34. The molecule has 3 heterocycles. The standard InChI is InChI=1S/C11H8N6O2/c12-8-7(10(18)19)5-14-11-15-9(16-17(8)11)6-2-1-3-13-4-6/h1-5H,12H2,(H,18,19). The number of aromatic nitrogens is 5. The van der Waals surface area contributed by atoms with Crippen LogP contribution in [-0.2, 0) is 0 Å². The Labute approximate surface area is 106 Å². The molecule has 0 radical (unpaired) electrons. The van der Waals surface area contributed by atoms with Gasteiger partial charge in [0.05, 0.1) is 0 Å². The minimum Gasteiger partial charge on any atom is -0.477 e. The second kappa shape index (κ2) is 4.02. The summed E-state index contributed by atoms with van der Waals surface area (Å²) in [7, 11) is 0. The summed E-state index contributed by atoms with van der Waals surface area (Å²) in [6.07, 6.45) is 4.40. The zero-order valence-electron chi connectivity index (χ0n) is 9.56. The van der Waals surface area contributed by atoms with Crippen LogP contribution in [0.3, 0.4) is 0 Å². The molecule has 0 saturated heterocycles. The molecule has 0 amide bonds. The van der Waals surface area contributed by atoms with Crippen LogP contribution in [0.1, 0.15) is 10.4 Å². The smallest absolute Gasteiger partial charge is 0.341 e. The van der Waals surface area contributed by atoms with E-state index >= 15 is 0 Å². The van der Waals surface area contributed by atoms with Gasteiger partial charge in [-0.2, -0.15) is 9.50 Å². The Bertz CT molecular complexity index is 767. The lowest BCUT2D eigenvalue weighted by Crippen LogP contribution is -2.09. The molecule has 8 heteroatoms. The Hall–Kier alpha value is -3.03. The number of pyridine rings is 1. The van der Waals surface area contributed by atoms with Crippen molar-refractivity contribution >= 4 is 17.6 Å². The number of hydrogen-bond acceptors (Lipinski definition) is 6. The van der Waals surface area contributed by atoms with Crippen molar-refractivity contribution < 1.29 is 9.90 Å². The Balaban J connectivity index is 2.22. The van der Waals surface area contributed by atoms with Gasteiger partial charge in [0.1, 0.15) is 11.4 Å². The molecule has 3 N–H and O–H groups in total. The van der Waals surface area contributed by atoms with Gasteiger partial charge >= 0.3 is 5.97 Å². The number of nitrogen functional groups attached to an aromatic ring is 1. The van der Waals surface area contributed by atoms with Crippen LogP contribution in [0, 0.1) is 0 Å². The van der Waals surface area contributed by atoms with Crippen molar-refractivity contribution in [2.75, 3.05) is 5.73 Å². The molecule has 3 rings (SSSR count). The molecule has 0 aromatic carbocycles. The first-order valence-corrected chi connectivity index (χ1v) is 5.32. The van der Waals surface area contributed by atoms with Gasteiger partial charge in [-0.3, -0.25) is 4.98 Å². The van der Waals surface area contributed by atoms with Crippen molar-refractivity contribution in [3.05, 3.63) is 36.3 Å². The predicted molar refractivity (Wildman–Crippen MR) is 65.4 cm³/mol. The number of carbonyl (C=O) groups is 1. The predicted octanol–water partition coefficient (Wildman–Crippen LogP) is 0.467. The third-order valence-corrected chi connectivity index (χ3v) is 2.55. The first-order valence-electron chi connectivity index (χ1n) is 5.32. The summed E-state index contributed by atoms with van der Waals surface area (Å²) in [5, 5.41) is 13.1. The normalized spacial score (nSPS) is 10.7. The molecule has 0 atom stereocenters. The zero-order valence-corrected chi connectivity index (χ0v) is 9.56. The highest BCUT2D eigenvalue weighted by Crippen LogP contribution is 2.17. The van der Waals surface area contributed by atoms with Gasteiger partial charge in [-0.05, 0) is 12.1 Å². The van der Waals surface area contributed by atoms with Crippen molar-refractivity contribution in [1.29, 1.82) is 0 Å². The third-order valence-electron chi connectivity index (χ3n) is 2.55. The lowest BCUT2D eigenvalue weighted by molar-refractivity contribution is 0.0697. The minimum absolute atomic E-state index is 0.0138. The zero-order chi connectivity index (χ0) is 13.4. The maximum atomic E-state index is 11.0. The molecule has 3 aromatic rings. The largest absolute Gasteiger partial charge is 0.477 e. The van der Waals surface area contributed by atoms with Crippen molar-refractivity contribution in [3.63, 3.8) is 0 Å². The highest BCUT2D eigenvalue weighted by atomic mass is 16.4. The van der Waals surface area contributed by atoms with Crippen molar-refractivity contribution in [3.8, 4) is 11.4 Å². The maximum absolute atomic E-state index is 11.0. The highest BCUT2D eigenvalue weighted by Gasteiger charge is 2.15. The van der Waals surface area contributed by atoms with Crippen molar-refractivity contribution in [1.82, 2.24) is 24.6 Å². The van der Waals surface area contributed by atoms with Gasteiger partial charge in [0.15, 0.2) is 5.82 Å². The molecule has 8 nitrogen and oxygen atoms in total. The van der Waals surface area contributed by atoms with Crippen molar-refractivity contribution in [2.24, 2.45) is 0 Å². The molecule has 0 unspecified atom stereocenters. The number of aromatic carboxylic acids is 1. The molecule has 0 aliphatic heterocycles. The highest BCUT2D eigenvalue weighted by molar-refractivity contribution is 5.92. The van der Waals surface area contributed by atoms with E-state index in [-0.39, 0.29) is 17.2 Å². The Morgan fingerprint density at radius 3 is 2.89 bits per heavy atom. The van der Waals surface area contributed by atoms with E-state index in [9.17, 15) is 4.79 Å². The number of nitrogens with zero attached hydrogens (tertiary/aromatic N) is 5. The molecular weight excluding hydrogens is 248 g/mol. The van der Waals surface area contributed by atoms with E-state index in [1.54, 1.807) is 24.5 Å². The summed E-state index contributed by atoms with van der Waals surface area (Å²) in [6.45, 7) is 0. The molecule has 19 heavy (non-hydrogen) atoms. The van der Waals surface area contributed by atoms with Crippen LogP contribution in [-0.4, -0.2) is 35.6 Å². The van der Waals surface area contributed by atoms with Gasteiger partial charge in [0, 0.05) is 24.2 Å². The molecular formula is C11H8N6O2. The van der Waals surface area contributed by atoms with E-state index in [2.05, 4.69) is 20.1 Å². The molecule has 3 aromatic heterocycles. The van der Waals surface area contributed by atoms with E-state index in [1.165, 1.54) is 4.52 Å². The first kappa shape index (κ1) is 11.1. The number of nitrogens with two attached hydrogens (primary N) is 1. The SMILES string of the molecule is Nc1c(C(=O)O)cnc2nc(-c3cccnc3)nn12. The van der Waals surface area contributed by atoms with Gasteiger partial charge in [-0.15, -0.1) is 5.10 Å². The van der Waals surface area contributed by atoms with Gasteiger partial charge in [0.2, 0.25) is 0 Å². The number of carboxylic acids is 1. The number of fused-ring (bicyclic) bond motifs is 1. The van der Waals surface area contributed by atoms with E-state index in [4.69, 9.17) is 10.8 Å². The minimum atomic E-state index is -1.16. The first-order chi connectivity index (χ1) is 9.16. The lowest BCUT2D eigenvalue weighted by Gasteiger charge is -2.00. The van der Waals surface area contributed by atoms with E-state index < -0.39 is 5.97 Å². The molecule has 0 saturated carbocycles. The molecule has 94 valence electrons. The van der Waals surface area contributed by atoms with Crippen LogP contribution in [0.4, 0.5) is 5.82 Å². The van der Waals surface area contributed by atoms with Gasteiger partial charge < -0.3 is 10.8 Å². The second-order valence-corrected chi connectivity index (χ2v) is 3.75. The topological polar surface area (TPSA) is 119 Å². The monoisotopic (exact) mass is 256 g/mol. The number of anilines is 1. The summed E-state index contributed by atoms with van der Waals surface area (Å²) < 4.78 is 1.20. The molecule has 0 spiro atoms. The Morgan fingerprint density at radius 2 is 2.21 bits per heavy atom. The quantitative estimate of drug-likeness (QED) is 0.683. The summed E-state index contributed by atoms with van der Waals surface area (Å²) in [6, 6.07) is 3.54. The van der Waals surface area contributed by atoms with Crippen LogP contribution in [0.15, 0.2) is 30.7 Å². The van der Waals surface area contributed by atoms with Gasteiger partial charge in [-0.1, -0.05) is 0 Å². The van der Waals surface area contributed by atoms with E-state index in [0.717, 1.165) is 6.20 Å². The van der Waals surface area contributed by atoms with Crippen LogP contribution < -0.4 is 5.73 Å². The molecule has 0 aliphatic rings. The van der Waals surface area contributed by atoms with Crippen LogP contribution in [0.2, 0.25) is 0 Å². The van der Waals surface area contributed by atoms with Crippen LogP contribution in [0.25, 0.3) is 17.2 Å². The second-order valence-electron chi connectivity index (χ2n) is 3.75. The fourth-order valence-corrected chi connectivity index (χ4v) is 1.63. The average Bonchev–Trinajstić information content (AvgIpc) is 2.85. The van der Waals surface area contributed by atoms with E-state index in [0.29, 0.717) is 11.4 Å². The fourth-order valence-electron chi connectivity index (χ4n) is 1.63. The average molecular weight is 256 g/mol. The number of carboxylic acid groups (broad SMARTS) is 1. The fraction of sp³-hybridized carbons (Fsp3) is 0. The lowest BCUT2D eigenvalue weighted by atomic mass is 10.3. The summed E-state index contributed by atoms with van der Waals surface area (Å²) in [4.78, 5) is 23.0. The summed E-state index contributed by atoms with van der Waals surface area (Å²) in [5.41, 5.74) is 6.32. The van der Waals surface area contributed by atoms with Crippen LogP contribution in [0.5, 0.6) is 0 Å². The van der Waals surface area contributed by atoms with Gasteiger partial charge in [0.25, 0.3) is 5.78 Å². The number of hydrogen-bond donors (Lipinski definition) is 2. The summed E-state index contributed by atoms with van der Waals surface area (Å²) in [5.74, 6) is -0.554. The molecule has 0 bridgehead atoms. The van der Waals surface area contributed by atoms with Crippen LogP contribution >= 0.6 is 0 Å². The molecule has 0 fully saturated rings. The van der Waals surface area contributed by atoms with E-state index in [1.807, 2.05) is 0 Å². The molecule has 0 aliphatic carbocycles. The third kappa shape index (κ3) is 1.75. The maximum Gasteiger partial charge on any atom is 0.341 e.